The van der Waals surface area contributed by atoms with E-state index >= 15 is 0 Å². The van der Waals surface area contributed by atoms with Crippen LogP contribution in [-0.4, -0.2) is 18.5 Å². The van der Waals surface area contributed by atoms with Gasteiger partial charge in [-0.1, -0.05) is 30.3 Å². The number of carbonyl (C=O) groups excluding carboxylic acids is 1. The molecular formula is C9H11NO2. The van der Waals surface area contributed by atoms with Gasteiger partial charge in [0.05, 0.1) is 0 Å². The van der Waals surface area contributed by atoms with Crippen molar-refractivity contribution in [2.24, 2.45) is 0 Å². The van der Waals surface area contributed by atoms with Crippen LogP contribution in [-0.2, 0) is 16.2 Å². The molecule has 0 fully saturated rings. The van der Waals surface area contributed by atoms with E-state index in [9.17, 15) is 4.79 Å². The fourth-order valence-electron chi connectivity index (χ4n) is 0.781. The molecule has 0 aliphatic carbocycles. The molecule has 0 bridgehead atoms. The summed E-state index contributed by atoms with van der Waals surface area (Å²) in [4.78, 5) is 15.2. The van der Waals surface area contributed by atoms with E-state index in [-0.39, 0.29) is 0 Å². The van der Waals surface area contributed by atoms with Crippen molar-refractivity contribution in [3.05, 3.63) is 35.9 Å². The molecule has 0 saturated heterocycles. The number of carbonyl (C=O) groups is 1. The lowest BCUT2D eigenvalue weighted by atomic mass is 10.2. The van der Waals surface area contributed by atoms with Crippen LogP contribution in [0.3, 0.4) is 0 Å². The number of nitrogens with zero attached hydrogens (tertiary/aromatic N) is 1. The zero-order valence-electron chi connectivity index (χ0n) is 6.93. The molecular weight excluding hydrogens is 154 g/mol. The maximum Gasteiger partial charge on any atom is 0.233 e. The van der Waals surface area contributed by atoms with E-state index in [1.54, 1.807) is 7.05 Å². The van der Waals surface area contributed by atoms with Gasteiger partial charge in [-0.3, -0.25) is 9.63 Å². The van der Waals surface area contributed by atoms with E-state index in [4.69, 9.17) is 4.84 Å². The van der Waals surface area contributed by atoms with Crippen LogP contribution in [0.15, 0.2) is 30.3 Å². The van der Waals surface area contributed by atoms with Crippen LogP contribution in [0.4, 0.5) is 0 Å². The number of hydroxylamine groups is 2. The van der Waals surface area contributed by atoms with Gasteiger partial charge in [-0.25, -0.2) is 5.06 Å². The molecule has 0 unspecified atom stereocenters. The predicted octanol–water partition coefficient (Wildman–Crippen LogP) is 1.21. The van der Waals surface area contributed by atoms with Crippen LogP contribution >= 0.6 is 0 Å². The van der Waals surface area contributed by atoms with Crippen molar-refractivity contribution in [3.8, 4) is 0 Å². The maximum atomic E-state index is 10.1. The molecule has 64 valence electrons. The summed E-state index contributed by atoms with van der Waals surface area (Å²) in [5.41, 5.74) is 1.05. The summed E-state index contributed by atoms with van der Waals surface area (Å²) in [7, 11) is 1.57. The zero-order valence-corrected chi connectivity index (χ0v) is 6.93. The molecule has 0 heterocycles. The Bertz CT molecular complexity index is 236. The third kappa shape index (κ3) is 2.72. The van der Waals surface area contributed by atoms with Gasteiger partial charge in [0.2, 0.25) is 6.41 Å². The average molecular weight is 165 g/mol. The van der Waals surface area contributed by atoms with Gasteiger partial charge >= 0.3 is 0 Å². The highest BCUT2D eigenvalue weighted by molar-refractivity contribution is 5.44. The second-order valence-electron chi connectivity index (χ2n) is 2.41. The van der Waals surface area contributed by atoms with E-state index in [0.717, 1.165) is 10.6 Å². The number of benzene rings is 1. The molecule has 3 heteroatoms. The van der Waals surface area contributed by atoms with Crippen molar-refractivity contribution in [2.45, 2.75) is 6.61 Å². The Kier molecular flexibility index (Phi) is 3.29. The van der Waals surface area contributed by atoms with E-state index in [2.05, 4.69) is 0 Å². The maximum absolute atomic E-state index is 10.1. The molecule has 1 aromatic carbocycles. The Morgan fingerprint density at radius 1 is 1.42 bits per heavy atom. The Hall–Kier alpha value is -1.35. The van der Waals surface area contributed by atoms with Gasteiger partial charge in [0.1, 0.15) is 6.61 Å². The summed E-state index contributed by atoms with van der Waals surface area (Å²) < 4.78 is 0. The summed E-state index contributed by atoms with van der Waals surface area (Å²) >= 11 is 0. The highest BCUT2D eigenvalue weighted by atomic mass is 16.7. The molecule has 12 heavy (non-hydrogen) atoms. The SMILES string of the molecule is CN(C=O)OCc1ccccc1. The van der Waals surface area contributed by atoms with Gasteiger partial charge in [-0.05, 0) is 5.56 Å². The molecule has 0 aliphatic heterocycles. The van der Waals surface area contributed by atoms with Crippen LogP contribution < -0.4 is 0 Å². The molecule has 0 saturated carbocycles. The van der Waals surface area contributed by atoms with Crippen molar-refractivity contribution >= 4 is 6.41 Å². The third-order valence-electron chi connectivity index (χ3n) is 1.43. The van der Waals surface area contributed by atoms with Gasteiger partial charge in [0, 0.05) is 7.05 Å². The number of hydrogen-bond acceptors (Lipinski definition) is 2. The standard InChI is InChI=1S/C9H11NO2/c1-10(8-11)12-7-9-5-3-2-4-6-9/h2-6,8H,7H2,1H3. The molecule has 0 atom stereocenters. The van der Waals surface area contributed by atoms with Crippen molar-refractivity contribution < 1.29 is 9.63 Å². The lowest BCUT2D eigenvalue weighted by molar-refractivity contribution is -0.167. The summed E-state index contributed by atoms with van der Waals surface area (Å²) in [6, 6.07) is 9.68. The quantitative estimate of drug-likeness (QED) is 0.495. The Morgan fingerprint density at radius 3 is 2.67 bits per heavy atom. The Morgan fingerprint density at radius 2 is 2.08 bits per heavy atom. The largest absolute Gasteiger partial charge is 0.276 e. The Labute approximate surface area is 71.5 Å². The van der Waals surface area contributed by atoms with Gasteiger partial charge in [-0.15, -0.1) is 0 Å². The van der Waals surface area contributed by atoms with Gasteiger partial charge < -0.3 is 0 Å². The van der Waals surface area contributed by atoms with Crippen LogP contribution in [0.1, 0.15) is 5.56 Å². The highest BCUT2D eigenvalue weighted by Gasteiger charge is 1.94. The highest BCUT2D eigenvalue weighted by Crippen LogP contribution is 2.00. The van der Waals surface area contributed by atoms with Crippen LogP contribution in [0.5, 0.6) is 0 Å². The van der Waals surface area contributed by atoms with Crippen LogP contribution in [0, 0.1) is 0 Å². The number of rotatable bonds is 4. The minimum atomic E-state index is 0.427. The molecule has 0 N–H and O–H groups in total. The van der Waals surface area contributed by atoms with E-state index in [1.165, 1.54) is 0 Å². The summed E-state index contributed by atoms with van der Waals surface area (Å²) in [5, 5.41) is 1.15. The second kappa shape index (κ2) is 4.51. The van der Waals surface area contributed by atoms with Gasteiger partial charge in [-0.2, -0.15) is 0 Å². The summed E-state index contributed by atoms with van der Waals surface area (Å²) in [6.45, 7) is 0.427. The fraction of sp³-hybridized carbons (Fsp3) is 0.222. The molecule has 0 spiro atoms. The number of amides is 1. The Balaban J connectivity index is 2.38. The van der Waals surface area contributed by atoms with E-state index < -0.39 is 0 Å². The monoisotopic (exact) mass is 165 g/mol. The molecule has 0 aliphatic rings. The first-order valence-corrected chi connectivity index (χ1v) is 3.68. The predicted molar refractivity (Wildman–Crippen MR) is 45.1 cm³/mol. The van der Waals surface area contributed by atoms with Crippen LogP contribution in [0.25, 0.3) is 0 Å². The van der Waals surface area contributed by atoms with Crippen molar-refractivity contribution in [1.82, 2.24) is 5.06 Å². The minimum absolute atomic E-state index is 0.427. The van der Waals surface area contributed by atoms with Crippen molar-refractivity contribution in [1.29, 1.82) is 0 Å². The minimum Gasteiger partial charge on any atom is -0.276 e. The topological polar surface area (TPSA) is 29.5 Å². The van der Waals surface area contributed by atoms with Crippen LogP contribution in [0.2, 0.25) is 0 Å². The normalized spacial score (nSPS) is 9.42. The van der Waals surface area contributed by atoms with E-state index in [0.29, 0.717) is 13.0 Å². The second-order valence-corrected chi connectivity index (χ2v) is 2.41. The zero-order chi connectivity index (χ0) is 8.81. The summed E-state index contributed by atoms with van der Waals surface area (Å²) in [5.74, 6) is 0. The fourth-order valence-corrected chi connectivity index (χ4v) is 0.781. The summed E-state index contributed by atoms with van der Waals surface area (Å²) in [6.07, 6.45) is 0.628. The average Bonchev–Trinajstić information content (AvgIpc) is 2.16. The third-order valence-corrected chi connectivity index (χ3v) is 1.43. The lowest BCUT2D eigenvalue weighted by Crippen LogP contribution is -2.15. The number of hydrogen-bond donors (Lipinski definition) is 0. The van der Waals surface area contributed by atoms with Gasteiger partial charge in [0.25, 0.3) is 0 Å². The van der Waals surface area contributed by atoms with E-state index in [1.807, 2.05) is 30.3 Å². The van der Waals surface area contributed by atoms with Crippen molar-refractivity contribution in [3.63, 3.8) is 0 Å². The lowest BCUT2D eigenvalue weighted by Gasteiger charge is -2.09. The molecule has 1 aromatic rings. The first-order chi connectivity index (χ1) is 5.83. The molecule has 3 nitrogen and oxygen atoms in total. The molecule has 1 amide bonds. The van der Waals surface area contributed by atoms with Crippen molar-refractivity contribution in [2.75, 3.05) is 7.05 Å². The first-order valence-electron chi connectivity index (χ1n) is 3.68. The molecule has 0 radical (unpaired) electrons. The molecule has 0 aromatic heterocycles. The van der Waals surface area contributed by atoms with Gasteiger partial charge in [0.15, 0.2) is 0 Å². The smallest absolute Gasteiger partial charge is 0.233 e. The molecule has 1 rings (SSSR count). The first kappa shape index (κ1) is 8.74.